The van der Waals surface area contributed by atoms with Gasteiger partial charge in [0, 0.05) is 25.2 Å². The number of benzene rings is 1. The second-order valence-electron chi connectivity index (χ2n) is 9.45. The predicted molar refractivity (Wildman–Crippen MR) is 108 cm³/mol. The molecule has 28 heavy (non-hydrogen) atoms. The molecule has 0 radical (unpaired) electrons. The highest BCUT2D eigenvalue weighted by atomic mass is 16.3. The molecule has 2 fully saturated rings. The van der Waals surface area contributed by atoms with Gasteiger partial charge in [-0.15, -0.1) is 0 Å². The molecule has 1 aromatic rings. The number of Topliss-reactive ketones (excluding diaryl/α,β-unsaturated/α-hetero) is 1. The molecule has 3 atom stereocenters. The molecule has 1 aliphatic carbocycles. The molecule has 0 spiro atoms. The number of nitrogens with zero attached hydrogens (tertiary/aromatic N) is 1. The third-order valence-corrected chi connectivity index (χ3v) is 6.40. The van der Waals surface area contributed by atoms with Crippen LogP contribution in [0.3, 0.4) is 0 Å². The highest BCUT2D eigenvalue weighted by molar-refractivity contribution is 6.16. The Kier molecular flexibility index (Phi) is 6.04. The van der Waals surface area contributed by atoms with Crippen LogP contribution in [-0.2, 0) is 14.4 Å². The Balaban J connectivity index is 1.63. The van der Waals surface area contributed by atoms with Crippen molar-refractivity contribution in [3.8, 4) is 0 Å². The molecule has 152 valence electrons. The first-order valence-corrected chi connectivity index (χ1v) is 10.3. The molecule has 5 nitrogen and oxygen atoms in total. The first-order valence-electron chi connectivity index (χ1n) is 10.3. The van der Waals surface area contributed by atoms with Crippen LogP contribution >= 0.6 is 0 Å². The fourth-order valence-corrected chi connectivity index (χ4v) is 4.64. The second-order valence-corrected chi connectivity index (χ2v) is 9.45. The number of hydrogen-bond donors (Lipinski definition) is 1. The summed E-state index contributed by atoms with van der Waals surface area (Å²) < 4.78 is 0. The van der Waals surface area contributed by atoms with Crippen LogP contribution in [0.1, 0.15) is 59.3 Å². The Morgan fingerprint density at radius 1 is 1.07 bits per heavy atom. The number of ketones is 1. The summed E-state index contributed by atoms with van der Waals surface area (Å²) in [6.45, 7) is 6.52. The van der Waals surface area contributed by atoms with Crippen molar-refractivity contribution in [3.63, 3.8) is 0 Å². The van der Waals surface area contributed by atoms with Crippen LogP contribution in [0.15, 0.2) is 30.3 Å². The molecular weight excluding hydrogens is 354 g/mol. The van der Waals surface area contributed by atoms with Crippen LogP contribution in [0.25, 0.3) is 0 Å². The number of para-hydroxylation sites is 1. The van der Waals surface area contributed by atoms with Crippen molar-refractivity contribution in [3.05, 3.63) is 30.3 Å². The molecule has 1 N–H and O–H groups in total. The molecule has 2 amide bonds. The van der Waals surface area contributed by atoms with E-state index in [-0.39, 0.29) is 47.7 Å². The molecule has 3 rings (SSSR count). The number of aliphatic hydroxyl groups excluding tert-OH is 1. The fraction of sp³-hybridized carbons (Fsp3) is 0.609. The van der Waals surface area contributed by atoms with Crippen molar-refractivity contribution >= 4 is 23.3 Å². The van der Waals surface area contributed by atoms with E-state index in [9.17, 15) is 19.5 Å². The van der Waals surface area contributed by atoms with Gasteiger partial charge in [-0.1, -0.05) is 39.0 Å². The Morgan fingerprint density at radius 2 is 1.68 bits per heavy atom. The molecule has 1 aromatic carbocycles. The average molecular weight is 386 g/mol. The summed E-state index contributed by atoms with van der Waals surface area (Å²) in [5.41, 5.74) is 0.693. The van der Waals surface area contributed by atoms with Crippen molar-refractivity contribution in [2.24, 2.45) is 23.2 Å². The maximum atomic E-state index is 12.6. The standard InChI is InChI=1S/C23H31NO4/c1-23(2,3)16-9-10-19(25)18(14-16)20(26)11-15-12-21(27)24(22(28)13-15)17-7-5-4-6-8-17/h4-8,15-16,18,20,26H,9-14H2,1-3H3. The van der Waals surface area contributed by atoms with Crippen LogP contribution in [0.4, 0.5) is 5.69 Å². The number of aliphatic hydroxyl groups is 1. The number of carbonyl (C=O) groups is 3. The zero-order valence-corrected chi connectivity index (χ0v) is 17.1. The maximum absolute atomic E-state index is 12.6. The van der Waals surface area contributed by atoms with Crippen LogP contribution in [-0.4, -0.2) is 28.8 Å². The summed E-state index contributed by atoms with van der Waals surface area (Å²) in [4.78, 5) is 38.8. The molecule has 0 aromatic heterocycles. The van der Waals surface area contributed by atoms with Gasteiger partial charge in [-0.05, 0) is 48.6 Å². The smallest absolute Gasteiger partial charge is 0.234 e. The van der Waals surface area contributed by atoms with Crippen LogP contribution in [0.2, 0.25) is 0 Å². The third-order valence-electron chi connectivity index (χ3n) is 6.40. The van der Waals surface area contributed by atoms with Crippen molar-refractivity contribution in [2.45, 2.75) is 65.4 Å². The summed E-state index contributed by atoms with van der Waals surface area (Å²) in [5.74, 6) is -0.544. The number of anilines is 1. The Bertz CT molecular complexity index is 719. The molecule has 1 saturated heterocycles. The van der Waals surface area contributed by atoms with E-state index in [4.69, 9.17) is 0 Å². The van der Waals surface area contributed by atoms with E-state index in [1.807, 2.05) is 6.07 Å². The summed E-state index contributed by atoms with van der Waals surface area (Å²) in [7, 11) is 0. The summed E-state index contributed by atoms with van der Waals surface area (Å²) >= 11 is 0. The molecule has 2 aliphatic rings. The van der Waals surface area contributed by atoms with E-state index in [0.717, 1.165) is 6.42 Å². The quantitative estimate of drug-likeness (QED) is 0.801. The van der Waals surface area contributed by atoms with Crippen molar-refractivity contribution < 1.29 is 19.5 Å². The fourth-order valence-electron chi connectivity index (χ4n) is 4.64. The maximum Gasteiger partial charge on any atom is 0.234 e. The number of hydrogen-bond acceptors (Lipinski definition) is 4. The summed E-state index contributed by atoms with van der Waals surface area (Å²) in [5, 5.41) is 10.8. The van der Waals surface area contributed by atoms with Gasteiger partial charge in [0.1, 0.15) is 5.78 Å². The first-order chi connectivity index (χ1) is 13.2. The van der Waals surface area contributed by atoms with Crippen molar-refractivity contribution in [2.75, 3.05) is 4.90 Å². The Morgan fingerprint density at radius 3 is 2.25 bits per heavy atom. The summed E-state index contributed by atoms with van der Waals surface area (Å²) in [6, 6.07) is 8.93. The highest BCUT2D eigenvalue weighted by Crippen LogP contribution is 2.41. The number of carbonyl (C=O) groups excluding carboxylic acids is 3. The van der Waals surface area contributed by atoms with Gasteiger partial charge >= 0.3 is 0 Å². The number of imide groups is 1. The van der Waals surface area contributed by atoms with E-state index in [1.54, 1.807) is 24.3 Å². The number of amides is 2. The van der Waals surface area contributed by atoms with Gasteiger partial charge in [0.15, 0.2) is 0 Å². The van der Waals surface area contributed by atoms with Gasteiger partial charge in [0.25, 0.3) is 0 Å². The molecule has 1 heterocycles. The Labute approximate surface area is 167 Å². The monoisotopic (exact) mass is 385 g/mol. The lowest BCUT2D eigenvalue weighted by Crippen LogP contribution is -2.45. The van der Waals surface area contributed by atoms with Gasteiger partial charge in [-0.2, -0.15) is 0 Å². The van der Waals surface area contributed by atoms with Gasteiger partial charge in [0.2, 0.25) is 11.8 Å². The van der Waals surface area contributed by atoms with E-state index in [0.29, 0.717) is 30.9 Å². The lowest BCUT2D eigenvalue weighted by molar-refractivity contribution is -0.132. The minimum absolute atomic E-state index is 0.103. The Hall–Kier alpha value is -2.01. The van der Waals surface area contributed by atoms with Crippen LogP contribution < -0.4 is 4.90 Å². The van der Waals surface area contributed by atoms with Gasteiger partial charge in [0.05, 0.1) is 11.8 Å². The predicted octanol–water partition coefficient (Wildman–Crippen LogP) is 3.74. The normalized spacial score (nSPS) is 25.9. The van der Waals surface area contributed by atoms with Gasteiger partial charge < -0.3 is 5.11 Å². The topological polar surface area (TPSA) is 74.7 Å². The lowest BCUT2D eigenvalue weighted by atomic mass is 9.66. The van der Waals surface area contributed by atoms with Crippen molar-refractivity contribution in [1.29, 1.82) is 0 Å². The van der Waals surface area contributed by atoms with Crippen LogP contribution in [0, 0.1) is 23.2 Å². The SMILES string of the molecule is CC(C)(C)C1CCC(=O)C(C(O)CC2CC(=O)N(c3ccccc3)C(=O)C2)C1. The van der Waals surface area contributed by atoms with E-state index >= 15 is 0 Å². The molecule has 1 aliphatic heterocycles. The summed E-state index contributed by atoms with van der Waals surface area (Å²) in [6.07, 6.45) is 2.06. The zero-order valence-electron chi connectivity index (χ0n) is 17.1. The molecule has 5 heteroatoms. The molecular formula is C23H31NO4. The van der Waals surface area contributed by atoms with E-state index in [1.165, 1.54) is 4.90 Å². The highest BCUT2D eigenvalue weighted by Gasteiger charge is 2.40. The third kappa shape index (κ3) is 4.52. The van der Waals surface area contributed by atoms with Gasteiger partial charge in [-0.3, -0.25) is 19.3 Å². The average Bonchev–Trinajstić information content (AvgIpc) is 2.61. The molecule has 0 bridgehead atoms. The van der Waals surface area contributed by atoms with E-state index < -0.39 is 6.10 Å². The van der Waals surface area contributed by atoms with Crippen molar-refractivity contribution in [1.82, 2.24) is 0 Å². The largest absolute Gasteiger partial charge is 0.392 e. The van der Waals surface area contributed by atoms with E-state index in [2.05, 4.69) is 20.8 Å². The molecule has 1 saturated carbocycles. The minimum Gasteiger partial charge on any atom is -0.392 e. The zero-order chi connectivity index (χ0) is 20.5. The van der Waals surface area contributed by atoms with Crippen LogP contribution in [0.5, 0.6) is 0 Å². The number of piperidine rings is 1. The molecule has 3 unspecified atom stereocenters. The minimum atomic E-state index is -0.786. The second kappa shape index (κ2) is 8.16. The van der Waals surface area contributed by atoms with Gasteiger partial charge in [-0.25, -0.2) is 0 Å². The number of rotatable bonds is 4. The lowest BCUT2D eigenvalue weighted by Gasteiger charge is -2.39. The first kappa shape index (κ1) is 20.7.